The fourth-order valence-corrected chi connectivity index (χ4v) is 1.18. The second-order valence-corrected chi connectivity index (χ2v) is 4.07. The fraction of sp³-hybridized carbons (Fsp3) is 0.833. The Kier molecular flexibility index (Phi) is 3.57. The maximum absolute atomic E-state index is 10.7. The van der Waals surface area contributed by atoms with Crippen LogP contribution in [0.2, 0.25) is 0 Å². The highest BCUT2D eigenvalue weighted by Gasteiger charge is 2.21. The van der Waals surface area contributed by atoms with E-state index in [-0.39, 0.29) is 5.25 Å². The van der Waals surface area contributed by atoms with E-state index in [4.69, 9.17) is 5.11 Å². The van der Waals surface area contributed by atoms with Gasteiger partial charge >= 0.3 is 5.97 Å². The number of carbonyl (C=O) groups is 1. The molecule has 0 saturated carbocycles. The molecule has 10 heavy (non-hydrogen) atoms. The van der Waals surface area contributed by atoms with Gasteiger partial charge in [-0.2, -0.15) is 0 Å². The van der Waals surface area contributed by atoms with Gasteiger partial charge in [-0.05, 0) is 6.92 Å². The summed E-state index contributed by atoms with van der Waals surface area (Å²) in [4.78, 5) is 10.3. The Morgan fingerprint density at radius 2 is 1.90 bits per heavy atom. The van der Waals surface area contributed by atoms with Crippen LogP contribution in [0.1, 0.15) is 13.8 Å². The third kappa shape index (κ3) is 2.47. The maximum Gasteiger partial charge on any atom is 0.307 e. The van der Waals surface area contributed by atoms with Crippen molar-refractivity contribution in [3.63, 3.8) is 0 Å². The molecule has 0 rings (SSSR count). The molecule has 0 aliphatic heterocycles. The smallest absolute Gasteiger partial charge is 0.307 e. The highest BCUT2D eigenvalue weighted by atomic mass is 32.2. The van der Waals surface area contributed by atoms with E-state index >= 15 is 0 Å². The van der Waals surface area contributed by atoms with Crippen LogP contribution < -0.4 is 0 Å². The molecule has 4 heteroatoms. The number of carboxylic acid groups (broad SMARTS) is 1. The van der Waals surface area contributed by atoms with Gasteiger partial charge in [0.05, 0.1) is 5.92 Å². The lowest BCUT2D eigenvalue weighted by molar-refractivity contribution is -0.141. The van der Waals surface area contributed by atoms with Gasteiger partial charge in [-0.3, -0.25) is 9.00 Å². The number of hydrogen-bond donors (Lipinski definition) is 1. The number of rotatable bonds is 3. The Balaban J connectivity index is 4.07. The van der Waals surface area contributed by atoms with Gasteiger partial charge in [-0.25, -0.2) is 0 Å². The molecule has 3 unspecified atom stereocenters. The van der Waals surface area contributed by atoms with Crippen molar-refractivity contribution in [3.8, 4) is 0 Å². The zero-order valence-electron chi connectivity index (χ0n) is 6.33. The summed E-state index contributed by atoms with van der Waals surface area (Å²) in [7, 11) is -1.04. The quantitative estimate of drug-likeness (QED) is 0.660. The summed E-state index contributed by atoms with van der Waals surface area (Å²) in [6, 6.07) is 0. The van der Waals surface area contributed by atoms with E-state index in [1.165, 1.54) is 6.26 Å². The summed E-state index contributed by atoms with van der Waals surface area (Å²) < 4.78 is 10.7. The Morgan fingerprint density at radius 1 is 1.50 bits per heavy atom. The first-order valence-corrected chi connectivity index (χ1v) is 4.64. The lowest BCUT2D eigenvalue weighted by Gasteiger charge is -2.11. The van der Waals surface area contributed by atoms with E-state index in [1.54, 1.807) is 13.8 Å². The van der Waals surface area contributed by atoms with Crippen LogP contribution in [-0.4, -0.2) is 26.8 Å². The highest BCUT2D eigenvalue weighted by molar-refractivity contribution is 7.84. The van der Waals surface area contributed by atoms with E-state index < -0.39 is 22.7 Å². The molecule has 0 amide bonds. The average Bonchev–Trinajstić information content (AvgIpc) is 1.84. The Morgan fingerprint density at radius 3 is 2.00 bits per heavy atom. The van der Waals surface area contributed by atoms with Gasteiger partial charge in [-0.1, -0.05) is 6.92 Å². The van der Waals surface area contributed by atoms with Crippen LogP contribution in [0.4, 0.5) is 0 Å². The first kappa shape index (κ1) is 9.62. The van der Waals surface area contributed by atoms with E-state index in [2.05, 4.69) is 0 Å². The molecule has 0 spiro atoms. The normalized spacial score (nSPS) is 19.5. The van der Waals surface area contributed by atoms with Crippen LogP contribution in [0.3, 0.4) is 0 Å². The maximum atomic E-state index is 10.7. The predicted octanol–water partition coefficient (Wildman–Crippen LogP) is 0.474. The van der Waals surface area contributed by atoms with Gasteiger partial charge in [0.2, 0.25) is 0 Å². The number of hydrogen-bond acceptors (Lipinski definition) is 2. The molecule has 3 nitrogen and oxygen atoms in total. The summed E-state index contributed by atoms with van der Waals surface area (Å²) in [5, 5.41) is 8.20. The molecule has 3 atom stereocenters. The van der Waals surface area contributed by atoms with Crippen LogP contribution >= 0.6 is 0 Å². The molecular formula is C6H12O3S. The zero-order valence-corrected chi connectivity index (χ0v) is 7.14. The largest absolute Gasteiger partial charge is 0.481 e. The van der Waals surface area contributed by atoms with E-state index in [1.807, 2.05) is 0 Å². The minimum Gasteiger partial charge on any atom is -0.481 e. The summed E-state index contributed by atoms with van der Waals surface area (Å²) in [6.45, 7) is 3.24. The van der Waals surface area contributed by atoms with Gasteiger partial charge in [0.25, 0.3) is 0 Å². The first-order chi connectivity index (χ1) is 4.46. The molecular weight excluding hydrogens is 152 g/mol. The molecule has 1 N–H and O–H groups in total. The van der Waals surface area contributed by atoms with Gasteiger partial charge in [-0.15, -0.1) is 0 Å². The van der Waals surface area contributed by atoms with Crippen LogP contribution in [-0.2, 0) is 15.6 Å². The summed E-state index contributed by atoms with van der Waals surface area (Å²) >= 11 is 0. The SMILES string of the molecule is CC(C(=O)O)C(C)S(C)=O. The Bertz CT molecular complexity index is 137. The predicted molar refractivity (Wildman–Crippen MR) is 40.3 cm³/mol. The summed E-state index contributed by atoms with van der Waals surface area (Å²) in [5.74, 6) is -1.41. The molecule has 0 aliphatic carbocycles. The van der Waals surface area contributed by atoms with Crippen molar-refractivity contribution in [1.82, 2.24) is 0 Å². The standard InChI is InChI=1S/C6H12O3S/c1-4(6(7)8)5(2)10(3)9/h4-5H,1-3H3,(H,7,8). The third-order valence-electron chi connectivity index (χ3n) is 1.62. The van der Waals surface area contributed by atoms with E-state index in [0.29, 0.717) is 0 Å². The lowest BCUT2D eigenvalue weighted by atomic mass is 10.1. The van der Waals surface area contributed by atoms with Crippen LogP contribution in [0.5, 0.6) is 0 Å². The van der Waals surface area contributed by atoms with Crippen LogP contribution in [0, 0.1) is 5.92 Å². The molecule has 0 aliphatic rings. The average molecular weight is 164 g/mol. The van der Waals surface area contributed by atoms with Crippen molar-refractivity contribution in [2.45, 2.75) is 19.1 Å². The number of carboxylic acids is 1. The summed E-state index contributed by atoms with van der Waals surface area (Å²) in [5.41, 5.74) is 0. The van der Waals surface area contributed by atoms with Crippen molar-refractivity contribution < 1.29 is 14.1 Å². The molecule has 0 aromatic carbocycles. The molecule has 0 heterocycles. The van der Waals surface area contributed by atoms with Gasteiger partial charge < -0.3 is 5.11 Å². The molecule has 0 aromatic rings. The topological polar surface area (TPSA) is 54.4 Å². The highest BCUT2D eigenvalue weighted by Crippen LogP contribution is 2.07. The Labute approximate surface area is 62.9 Å². The fourth-order valence-electron chi connectivity index (χ4n) is 0.488. The lowest BCUT2D eigenvalue weighted by Crippen LogP contribution is -2.26. The zero-order chi connectivity index (χ0) is 8.31. The van der Waals surface area contributed by atoms with Crippen molar-refractivity contribution in [1.29, 1.82) is 0 Å². The van der Waals surface area contributed by atoms with Crippen LogP contribution in [0.25, 0.3) is 0 Å². The third-order valence-corrected chi connectivity index (χ3v) is 3.07. The van der Waals surface area contributed by atoms with Gasteiger partial charge in [0.15, 0.2) is 0 Å². The van der Waals surface area contributed by atoms with Crippen molar-refractivity contribution in [2.24, 2.45) is 5.92 Å². The van der Waals surface area contributed by atoms with E-state index in [9.17, 15) is 9.00 Å². The number of aliphatic carboxylic acids is 1. The molecule has 0 saturated heterocycles. The van der Waals surface area contributed by atoms with Crippen LogP contribution in [0.15, 0.2) is 0 Å². The Hall–Kier alpha value is -0.380. The molecule has 0 radical (unpaired) electrons. The van der Waals surface area contributed by atoms with Gasteiger partial charge in [0.1, 0.15) is 0 Å². The molecule has 60 valence electrons. The second-order valence-electron chi connectivity index (χ2n) is 2.33. The first-order valence-electron chi connectivity index (χ1n) is 3.02. The van der Waals surface area contributed by atoms with Gasteiger partial charge in [0, 0.05) is 22.3 Å². The van der Waals surface area contributed by atoms with Crippen molar-refractivity contribution in [3.05, 3.63) is 0 Å². The summed E-state index contributed by atoms with van der Waals surface area (Å²) in [6.07, 6.45) is 1.52. The molecule has 0 bridgehead atoms. The van der Waals surface area contributed by atoms with Crippen molar-refractivity contribution >= 4 is 16.8 Å². The monoisotopic (exact) mass is 164 g/mol. The molecule has 0 aromatic heterocycles. The second kappa shape index (κ2) is 3.71. The molecule has 0 fully saturated rings. The minimum absolute atomic E-state index is 0.266. The van der Waals surface area contributed by atoms with E-state index in [0.717, 1.165) is 0 Å². The minimum atomic E-state index is -1.04. The van der Waals surface area contributed by atoms with Crippen molar-refractivity contribution in [2.75, 3.05) is 6.26 Å².